The van der Waals surface area contributed by atoms with Crippen LogP contribution in [0.3, 0.4) is 0 Å². The molecule has 2 nitrogen and oxygen atoms in total. The van der Waals surface area contributed by atoms with Gasteiger partial charge in [-0.15, -0.1) is 0 Å². The van der Waals surface area contributed by atoms with Crippen molar-refractivity contribution < 1.29 is 5.11 Å². The summed E-state index contributed by atoms with van der Waals surface area (Å²) in [7, 11) is 0. The van der Waals surface area contributed by atoms with Gasteiger partial charge in [0.25, 0.3) is 0 Å². The van der Waals surface area contributed by atoms with Gasteiger partial charge in [-0.25, -0.2) is 0 Å². The zero-order valence-corrected chi connectivity index (χ0v) is 14.1. The van der Waals surface area contributed by atoms with Crippen LogP contribution in [0, 0.1) is 0 Å². The zero-order valence-electron chi connectivity index (χ0n) is 10.9. The van der Waals surface area contributed by atoms with Gasteiger partial charge in [-0.1, -0.05) is 46.3 Å². The third kappa shape index (κ3) is 3.01. The molecule has 0 aliphatic carbocycles. The van der Waals surface area contributed by atoms with Crippen LogP contribution in [0.15, 0.2) is 68.5 Å². The van der Waals surface area contributed by atoms with E-state index in [1.54, 1.807) is 12.3 Å². The largest absolute Gasteiger partial charge is 0.507 e. The lowest BCUT2D eigenvalue weighted by molar-refractivity contribution is 0.475. The molecule has 0 heterocycles. The van der Waals surface area contributed by atoms with Crippen molar-refractivity contribution in [2.45, 2.75) is 0 Å². The van der Waals surface area contributed by atoms with Gasteiger partial charge in [-0.05, 0) is 51.0 Å². The number of nitrogens with zero attached hydrogens (tertiary/aromatic N) is 1. The molecule has 0 aromatic heterocycles. The van der Waals surface area contributed by atoms with Gasteiger partial charge in [0, 0.05) is 20.7 Å². The molecule has 0 amide bonds. The van der Waals surface area contributed by atoms with E-state index in [0.717, 1.165) is 31.0 Å². The van der Waals surface area contributed by atoms with Crippen LogP contribution in [-0.4, -0.2) is 11.3 Å². The monoisotopic (exact) mass is 403 g/mol. The molecule has 0 fully saturated rings. The molecule has 0 unspecified atom stereocenters. The minimum atomic E-state index is 0.227. The predicted octanol–water partition coefficient (Wildman–Crippen LogP) is 5.82. The molecule has 1 N–H and O–H groups in total. The van der Waals surface area contributed by atoms with Crippen molar-refractivity contribution in [2.24, 2.45) is 4.99 Å². The van der Waals surface area contributed by atoms with Crippen molar-refractivity contribution in [3.05, 3.63) is 69.1 Å². The van der Waals surface area contributed by atoms with Gasteiger partial charge in [0.2, 0.25) is 0 Å². The first-order chi connectivity index (χ1) is 10.1. The van der Waals surface area contributed by atoms with Gasteiger partial charge in [-0.2, -0.15) is 0 Å². The zero-order chi connectivity index (χ0) is 14.8. The van der Waals surface area contributed by atoms with Crippen molar-refractivity contribution in [1.29, 1.82) is 0 Å². The molecular weight excluding hydrogens is 394 g/mol. The number of rotatable bonds is 2. The number of fused-ring (bicyclic) bond motifs is 1. The fourth-order valence-corrected chi connectivity index (χ4v) is 3.29. The smallest absolute Gasteiger partial charge is 0.124 e. The standard InChI is InChI=1S/C17H11Br2NO/c18-12-6-7-16(15(19)9-12)20-10-14-13-4-2-1-3-11(13)5-8-17(14)21/h1-10,21H. The van der Waals surface area contributed by atoms with Crippen LogP contribution >= 0.6 is 31.9 Å². The van der Waals surface area contributed by atoms with E-state index in [2.05, 4.69) is 36.9 Å². The summed E-state index contributed by atoms with van der Waals surface area (Å²) in [5.41, 5.74) is 1.54. The molecule has 3 rings (SSSR count). The lowest BCUT2D eigenvalue weighted by Crippen LogP contribution is -1.86. The first kappa shape index (κ1) is 14.3. The Balaban J connectivity index is 2.09. The SMILES string of the molecule is Oc1ccc2ccccc2c1C=Nc1ccc(Br)cc1Br. The second-order valence-corrected chi connectivity index (χ2v) is 6.34. The first-order valence-electron chi connectivity index (χ1n) is 6.35. The highest BCUT2D eigenvalue weighted by atomic mass is 79.9. The Bertz CT molecular complexity index is 843. The van der Waals surface area contributed by atoms with Gasteiger partial charge in [0.05, 0.1) is 5.69 Å². The summed E-state index contributed by atoms with van der Waals surface area (Å²) in [6.07, 6.45) is 1.70. The van der Waals surface area contributed by atoms with Crippen LogP contribution in [0.2, 0.25) is 0 Å². The first-order valence-corrected chi connectivity index (χ1v) is 7.93. The maximum Gasteiger partial charge on any atom is 0.124 e. The lowest BCUT2D eigenvalue weighted by atomic mass is 10.0. The van der Waals surface area contributed by atoms with Crippen LogP contribution in [0.4, 0.5) is 5.69 Å². The van der Waals surface area contributed by atoms with Crippen LogP contribution in [0.5, 0.6) is 5.75 Å². The van der Waals surface area contributed by atoms with E-state index in [1.807, 2.05) is 48.5 Å². The maximum atomic E-state index is 10.1. The van der Waals surface area contributed by atoms with Gasteiger partial charge < -0.3 is 5.11 Å². The van der Waals surface area contributed by atoms with Crippen molar-refractivity contribution in [1.82, 2.24) is 0 Å². The normalized spacial score (nSPS) is 11.3. The van der Waals surface area contributed by atoms with Crippen LogP contribution < -0.4 is 0 Å². The van der Waals surface area contributed by atoms with Gasteiger partial charge in [0.15, 0.2) is 0 Å². The quantitative estimate of drug-likeness (QED) is 0.536. The van der Waals surface area contributed by atoms with Crippen LogP contribution in [0.1, 0.15) is 5.56 Å². The van der Waals surface area contributed by atoms with E-state index in [4.69, 9.17) is 0 Å². The second kappa shape index (κ2) is 6.00. The number of aliphatic imine (C=N–C) groups is 1. The molecular formula is C17H11Br2NO. The van der Waals surface area contributed by atoms with E-state index in [1.165, 1.54) is 0 Å². The Kier molecular flexibility index (Phi) is 4.08. The average Bonchev–Trinajstić information content (AvgIpc) is 2.48. The summed E-state index contributed by atoms with van der Waals surface area (Å²) in [5.74, 6) is 0.227. The van der Waals surface area contributed by atoms with Gasteiger partial charge in [-0.3, -0.25) is 4.99 Å². The van der Waals surface area contributed by atoms with Crippen molar-refractivity contribution in [2.75, 3.05) is 0 Å². The minimum absolute atomic E-state index is 0.227. The molecule has 3 aromatic carbocycles. The van der Waals surface area contributed by atoms with E-state index in [-0.39, 0.29) is 5.75 Å². The summed E-state index contributed by atoms with van der Waals surface area (Å²) in [5, 5.41) is 12.1. The summed E-state index contributed by atoms with van der Waals surface area (Å²) in [4.78, 5) is 4.48. The molecule has 0 atom stereocenters. The molecule has 0 saturated carbocycles. The Morgan fingerprint density at radius 3 is 2.57 bits per heavy atom. The molecule has 21 heavy (non-hydrogen) atoms. The second-order valence-electron chi connectivity index (χ2n) is 4.57. The molecule has 4 heteroatoms. The highest BCUT2D eigenvalue weighted by Gasteiger charge is 2.05. The fraction of sp³-hybridized carbons (Fsp3) is 0. The number of phenolic OH excluding ortho intramolecular Hbond substituents is 1. The molecule has 0 aliphatic heterocycles. The Morgan fingerprint density at radius 1 is 0.952 bits per heavy atom. The number of phenols is 1. The highest BCUT2D eigenvalue weighted by molar-refractivity contribution is 9.11. The summed E-state index contributed by atoms with van der Waals surface area (Å²) in [6.45, 7) is 0. The van der Waals surface area contributed by atoms with Gasteiger partial charge in [0.1, 0.15) is 5.75 Å². The van der Waals surface area contributed by atoms with Crippen molar-refractivity contribution in [3.8, 4) is 5.75 Å². The Hall–Kier alpha value is -1.65. The average molecular weight is 405 g/mol. The summed E-state index contributed by atoms with van der Waals surface area (Å²) < 4.78 is 1.88. The van der Waals surface area contributed by atoms with Crippen LogP contribution in [0.25, 0.3) is 10.8 Å². The number of hydrogen-bond acceptors (Lipinski definition) is 2. The van der Waals surface area contributed by atoms with E-state index in [9.17, 15) is 5.11 Å². The number of halogens is 2. The fourth-order valence-electron chi connectivity index (χ4n) is 2.14. The lowest BCUT2D eigenvalue weighted by Gasteiger charge is -2.05. The summed E-state index contributed by atoms with van der Waals surface area (Å²) in [6, 6.07) is 17.3. The molecule has 0 bridgehead atoms. The predicted molar refractivity (Wildman–Crippen MR) is 94.7 cm³/mol. The maximum absolute atomic E-state index is 10.1. The molecule has 0 spiro atoms. The molecule has 3 aromatic rings. The van der Waals surface area contributed by atoms with E-state index in [0.29, 0.717) is 0 Å². The number of hydrogen-bond donors (Lipinski definition) is 1. The van der Waals surface area contributed by atoms with Crippen LogP contribution in [-0.2, 0) is 0 Å². The minimum Gasteiger partial charge on any atom is -0.507 e. The van der Waals surface area contributed by atoms with Crippen molar-refractivity contribution >= 4 is 54.5 Å². The Morgan fingerprint density at radius 2 is 1.76 bits per heavy atom. The Labute approximate surface area is 139 Å². The van der Waals surface area contributed by atoms with Crippen molar-refractivity contribution in [3.63, 3.8) is 0 Å². The molecule has 104 valence electrons. The van der Waals surface area contributed by atoms with Gasteiger partial charge >= 0.3 is 0 Å². The summed E-state index contributed by atoms with van der Waals surface area (Å²) >= 11 is 6.90. The number of aromatic hydroxyl groups is 1. The van der Waals surface area contributed by atoms with E-state index >= 15 is 0 Å². The molecule has 0 radical (unpaired) electrons. The molecule has 0 saturated heterocycles. The number of benzene rings is 3. The third-order valence-electron chi connectivity index (χ3n) is 3.19. The third-order valence-corrected chi connectivity index (χ3v) is 4.32. The van der Waals surface area contributed by atoms with E-state index < -0.39 is 0 Å². The highest BCUT2D eigenvalue weighted by Crippen LogP contribution is 2.30. The topological polar surface area (TPSA) is 32.6 Å². The molecule has 0 aliphatic rings.